The lowest BCUT2D eigenvalue weighted by atomic mass is 10.0. The molecule has 0 unspecified atom stereocenters. The van der Waals surface area contributed by atoms with Crippen LogP contribution in [0.3, 0.4) is 0 Å². The summed E-state index contributed by atoms with van der Waals surface area (Å²) in [6, 6.07) is 12.5. The average molecular weight is 291 g/mol. The number of ether oxygens (including phenoxy) is 1. The highest BCUT2D eigenvalue weighted by molar-refractivity contribution is 6.33. The van der Waals surface area contributed by atoms with Gasteiger partial charge in [0.2, 0.25) is 0 Å². The summed E-state index contributed by atoms with van der Waals surface area (Å²) in [7, 11) is 0. The molecule has 2 aromatic rings. The third kappa shape index (κ3) is 3.31. The summed E-state index contributed by atoms with van der Waals surface area (Å²) in [5.74, 6) is -0.220. The normalized spacial score (nSPS) is 10.3. The molecule has 0 bridgehead atoms. The van der Waals surface area contributed by atoms with Crippen LogP contribution in [0.4, 0.5) is 0 Å². The molecule has 0 atom stereocenters. The SMILES string of the molecule is CCCOc1ccc(-c2ccc(Cl)c(C(=O)O)c2)cc1. The van der Waals surface area contributed by atoms with Gasteiger partial charge in [0, 0.05) is 0 Å². The minimum Gasteiger partial charge on any atom is -0.494 e. The zero-order valence-electron chi connectivity index (χ0n) is 11.1. The standard InChI is InChI=1S/C16H15ClO3/c1-2-9-20-13-6-3-11(4-7-13)12-5-8-15(17)14(10-12)16(18)19/h3-8,10H,2,9H2,1H3,(H,18,19). The second-order valence-corrected chi connectivity index (χ2v) is 4.78. The molecule has 0 radical (unpaired) electrons. The van der Waals surface area contributed by atoms with E-state index in [2.05, 4.69) is 6.92 Å². The van der Waals surface area contributed by atoms with Gasteiger partial charge in [-0.2, -0.15) is 0 Å². The van der Waals surface area contributed by atoms with Gasteiger partial charge < -0.3 is 9.84 Å². The maximum atomic E-state index is 11.1. The molecule has 0 fully saturated rings. The number of carboxylic acids is 1. The Balaban J connectivity index is 2.27. The van der Waals surface area contributed by atoms with E-state index >= 15 is 0 Å². The maximum Gasteiger partial charge on any atom is 0.337 e. The Morgan fingerprint density at radius 3 is 2.40 bits per heavy atom. The van der Waals surface area contributed by atoms with Crippen LogP contribution in [0.2, 0.25) is 5.02 Å². The topological polar surface area (TPSA) is 46.5 Å². The van der Waals surface area contributed by atoms with E-state index < -0.39 is 5.97 Å². The summed E-state index contributed by atoms with van der Waals surface area (Å²) in [6.45, 7) is 2.74. The van der Waals surface area contributed by atoms with Crippen LogP contribution in [0, 0.1) is 0 Å². The van der Waals surface area contributed by atoms with Crippen molar-refractivity contribution in [2.45, 2.75) is 13.3 Å². The van der Waals surface area contributed by atoms with Crippen LogP contribution < -0.4 is 4.74 Å². The number of aromatic carboxylic acids is 1. The number of hydrogen-bond donors (Lipinski definition) is 1. The summed E-state index contributed by atoms with van der Waals surface area (Å²) in [4.78, 5) is 11.1. The van der Waals surface area contributed by atoms with Crippen LogP contribution in [0.15, 0.2) is 42.5 Å². The van der Waals surface area contributed by atoms with Crippen LogP contribution in [0.5, 0.6) is 5.75 Å². The highest BCUT2D eigenvalue weighted by Gasteiger charge is 2.10. The minimum absolute atomic E-state index is 0.107. The van der Waals surface area contributed by atoms with Gasteiger partial charge in [0.1, 0.15) is 5.75 Å². The van der Waals surface area contributed by atoms with Gasteiger partial charge in [-0.05, 0) is 41.8 Å². The highest BCUT2D eigenvalue weighted by Crippen LogP contribution is 2.26. The van der Waals surface area contributed by atoms with E-state index in [1.807, 2.05) is 24.3 Å². The molecule has 1 N–H and O–H groups in total. The monoisotopic (exact) mass is 290 g/mol. The molecule has 2 rings (SSSR count). The minimum atomic E-state index is -1.03. The lowest BCUT2D eigenvalue weighted by Gasteiger charge is -2.07. The first-order chi connectivity index (χ1) is 9.61. The first kappa shape index (κ1) is 14.4. The van der Waals surface area contributed by atoms with E-state index in [4.69, 9.17) is 21.4 Å². The molecule has 0 saturated carbocycles. The molecule has 2 aromatic carbocycles. The summed E-state index contributed by atoms with van der Waals surface area (Å²) in [5, 5.41) is 9.31. The molecule has 0 aliphatic rings. The van der Waals surface area contributed by atoms with Crippen LogP contribution >= 0.6 is 11.6 Å². The van der Waals surface area contributed by atoms with Gasteiger partial charge in [-0.25, -0.2) is 4.79 Å². The van der Waals surface area contributed by atoms with Crippen molar-refractivity contribution in [3.05, 3.63) is 53.1 Å². The van der Waals surface area contributed by atoms with Gasteiger partial charge in [0.15, 0.2) is 0 Å². The first-order valence-electron chi connectivity index (χ1n) is 6.38. The third-order valence-electron chi connectivity index (χ3n) is 2.86. The zero-order chi connectivity index (χ0) is 14.5. The number of carboxylic acid groups (broad SMARTS) is 1. The quantitative estimate of drug-likeness (QED) is 0.882. The van der Waals surface area contributed by atoms with Crippen molar-refractivity contribution in [3.8, 4) is 16.9 Å². The lowest BCUT2D eigenvalue weighted by Crippen LogP contribution is -1.97. The number of hydrogen-bond acceptors (Lipinski definition) is 2. The molecule has 4 heteroatoms. The van der Waals surface area contributed by atoms with Gasteiger partial charge in [-0.15, -0.1) is 0 Å². The van der Waals surface area contributed by atoms with E-state index in [1.54, 1.807) is 18.2 Å². The average Bonchev–Trinajstić information content (AvgIpc) is 2.46. The van der Waals surface area contributed by atoms with E-state index in [0.717, 1.165) is 23.3 Å². The number of halogens is 1. The number of carbonyl (C=O) groups is 1. The molecular formula is C16H15ClO3. The number of benzene rings is 2. The predicted molar refractivity (Wildman–Crippen MR) is 79.6 cm³/mol. The molecule has 3 nitrogen and oxygen atoms in total. The van der Waals surface area contributed by atoms with Crippen molar-refractivity contribution < 1.29 is 14.6 Å². The molecule has 0 amide bonds. The Hall–Kier alpha value is -2.00. The Kier molecular flexibility index (Phi) is 4.64. The summed E-state index contributed by atoms with van der Waals surface area (Å²) < 4.78 is 5.51. The van der Waals surface area contributed by atoms with Crippen LogP contribution in [0.25, 0.3) is 11.1 Å². The number of rotatable bonds is 5. The fourth-order valence-corrected chi connectivity index (χ4v) is 2.03. The van der Waals surface area contributed by atoms with Crippen molar-refractivity contribution in [2.75, 3.05) is 6.61 Å². The van der Waals surface area contributed by atoms with Gasteiger partial charge in [-0.3, -0.25) is 0 Å². The van der Waals surface area contributed by atoms with E-state index in [0.29, 0.717) is 6.61 Å². The summed E-state index contributed by atoms with van der Waals surface area (Å²) >= 11 is 5.86. The molecular weight excluding hydrogens is 276 g/mol. The molecule has 0 heterocycles. The van der Waals surface area contributed by atoms with Crippen LogP contribution in [-0.2, 0) is 0 Å². The Bertz CT molecular complexity index is 606. The van der Waals surface area contributed by atoms with E-state index in [1.165, 1.54) is 0 Å². The molecule has 0 saturated heterocycles. The Morgan fingerprint density at radius 1 is 1.15 bits per heavy atom. The fourth-order valence-electron chi connectivity index (χ4n) is 1.83. The van der Waals surface area contributed by atoms with Gasteiger partial charge in [-0.1, -0.05) is 36.7 Å². The maximum absolute atomic E-state index is 11.1. The molecule has 0 spiro atoms. The first-order valence-corrected chi connectivity index (χ1v) is 6.75. The van der Waals surface area contributed by atoms with Crippen molar-refractivity contribution in [3.63, 3.8) is 0 Å². The van der Waals surface area contributed by atoms with Crippen molar-refractivity contribution in [1.82, 2.24) is 0 Å². The van der Waals surface area contributed by atoms with Gasteiger partial charge in [0.05, 0.1) is 17.2 Å². The van der Waals surface area contributed by atoms with E-state index in [-0.39, 0.29) is 10.6 Å². The second kappa shape index (κ2) is 6.44. The highest BCUT2D eigenvalue weighted by atomic mass is 35.5. The summed E-state index contributed by atoms with van der Waals surface area (Å²) in [6.07, 6.45) is 0.959. The largest absolute Gasteiger partial charge is 0.494 e. The second-order valence-electron chi connectivity index (χ2n) is 4.37. The van der Waals surface area contributed by atoms with Crippen LogP contribution in [0.1, 0.15) is 23.7 Å². The Labute approximate surface area is 122 Å². The smallest absolute Gasteiger partial charge is 0.337 e. The van der Waals surface area contributed by atoms with Crippen molar-refractivity contribution >= 4 is 17.6 Å². The molecule has 0 aromatic heterocycles. The molecule has 20 heavy (non-hydrogen) atoms. The van der Waals surface area contributed by atoms with Gasteiger partial charge in [0.25, 0.3) is 0 Å². The third-order valence-corrected chi connectivity index (χ3v) is 3.19. The predicted octanol–water partition coefficient (Wildman–Crippen LogP) is 4.49. The van der Waals surface area contributed by atoms with Crippen LogP contribution in [-0.4, -0.2) is 17.7 Å². The molecule has 104 valence electrons. The van der Waals surface area contributed by atoms with Crippen molar-refractivity contribution in [2.24, 2.45) is 0 Å². The van der Waals surface area contributed by atoms with Gasteiger partial charge >= 0.3 is 5.97 Å². The van der Waals surface area contributed by atoms with Crippen molar-refractivity contribution in [1.29, 1.82) is 0 Å². The molecule has 0 aliphatic heterocycles. The summed E-state index contributed by atoms with van der Waals surface area (Å²) in [5.41, 5.74) is 1.84. The Morgan fingerprint density at radius 2 is 1.80 bits per heavy atom. The lowest BCUT2D eigenvalue weighted by molar-refractivity contribution is 0.0697. The fraction of sp³-hybridized carbons (Fsp3) is 0.188. The molecule has 0 aliphatic carbocycles. The zero-order valence-corrected chi connectivity index (χ0v) is 11.9. The van der Waals surface area contributed by atoms with E-state index in [9.17, 15) is 4.79 Å².